The molecule has 118 valence electrons. The molecule has 2 heterocycles. The number of ether oxygens (including phenoxy) is 1. The third kappa shape index (κ3) is 3.56. The van der Waals surface area contributed by atoms with Crippen LogP contribution in [-0.2, 0) is 4.74 Å². The molecular weight excluding hydrogens is 298 g/mol. The van der Waals surface area contributed by atoms with Crippen molar-refractivity contribution in [1.29, 1.82) is 0 Å². The van der Waals surface area contributed by atoms with E-state index in [9.17, 15) is 4.79 Å². The Balaban J connectivity index is 1.66. The molecule has 0 radical (unpaired) electrons. The molecule has 2 aromatic rings. The monoisotopic (exact) mass is 319 g/mol. The van der Waals surface area contributed by atoms with Crippen LogP contribution < -0.4 is 10.6 Å². The molecule has 1 fully saturated rings. The van der Waals surface area contributed by atoms with Crippen LogP contribution in [0.4, 0.5) is 10.5 Å². The minimum absolute atomic E-state index is 0.105. The van der Waals surface area contributed by atoms with Gasteiger partial charge in [0.2, 0.25) is 0 Å². The van der Waals surface area contributed by atoms with Gasteiger partial charge in [-0.3, -0.25) is 0 Å². The zero-order valence-electron chi connectivity index (χ0n) is 12.9. The Hall–Kier alpha value is -1.66. The highest BCUT2D eigenvalue weighted by Gasteiger charge is 2.16. The first-order chi connectivity index (χ1) is 10.6. The van der Waals surface area contributed by atoms with E-state index in [1.165, 1.54) is 0 Å². The van der Waals surface area contributed by atoms with Gasteiger partial charge in [0.15, 0.2) is 0 Å². The van der Waals surface area contributed by atoms with Gasteiger partial charge in [0.25, 0.3) is 0 Å². The Bertz CT molecular complexity index is 662. The molecule has 0 saturated carbocycles. The number of hydrogen-bond acceptors (Lipinski definition) is 4. The van der Waals surface area contributed by atoms with Crippen LogP contribution in [0.1, 0.15) is 37.6 Å². The van der Waals surface area contributed by atoms with Crippen molar-refractivity contribution in [2.75, 3.05) is 18.5 Å². The zero-order valence-corrected chi connectivity index (χ0v) is 13.7. The lowest BCUT2D eigenvalue weighted by molar-refractivity contribution is 0.0739. The van der Waals surface area contributed by atoms with E-state index < -0.39 is 0 Å². The molecule has 5 nitrogen and oxygen atoms in total. The molecule has 1 aromatic heterocycles. The maximum Gasteiger partial charge on any atom is 0.319 e. The van der Waals surface area contributed by atoms with E-state index >= 15 is 0 Å². The van der Waals surface area contributed by atoms with Crippen LogP contribution in [0, 0.1) is 0 Å². The maximum absolute atomic E-state index is 12.0. The molecule has 0 bridgehead atoms. The van der Waals surface area contributed by atoms with Gasteiger partial charge in [-0.05, 0) is 31.0 Å². The number of carbonyl (C=O) groups excluding carboxylic acids is 1. The topological polar surface area (TPSA) is 63.2 Å². The maximum atomic E-state index is 12.0. The first kappa shape index (κ1) is 15.2. The van der Waals surface area contributed by atoms with Crippen LogP contribution in [0.25, 0.3) is 10.2 Å². The van der Waals surface area contributed by atoms with Gasteiger partial charge in [0, 0.05) is 18.2 Å². The highest BCUT2D eigenvalue weighted by Crippen LogP contribution is 2.29. The lowest BCUT2D eigenvalue weighted by atomic mass is 10.1. The van der Waals surface area contributed by atoms with Crippen molar-refractivity contribution >= 4 is 33.3 Å². The number of carbonyl (C=O) groups is 1. The second-order valence-corrected chi connectivity index (χ2v) is 6.96. The molecule has 2 N–H and O–H groups in total. The summed E-state index contributed by atoms with van der Waals surface area (Å²) in [5, 5.41) is 6.97. The number of aromatic nitrogens is 1. The number of urea groups is 1. The molecule has 1 atom stereocenters. The van der Waals surface area contributed by atoms with Gasteiger partial charge in [-0.1, -0.05) is 13.8 Å². The second-order valence-electron chi connectivity index (χ2n) is 5.90. The molecule has 3 rings (SSSR count). The fourth-order valence-corrected chi connectivity index (χ4v) is 3.48. The third-order valence-electron chi connectivity index (χ3n) is 3.65. The lowest BCUT2D eigenvalue weighted by Crippen LogP contribution is -2.42. The van der Waals surface area contributed by atoms with E-state index in [1.54, 1.807) is 11.3 Å². The molecule has 6 heteroatoms. The summed E-state index contributed by atoms with van der Waals surface area (Å²) >= 11 is 1.68. The van der Waals surface area contributed by atoms with Gasteiger partial charge in [0.05, 0.1) is 27.9 Å². The van der Waals surface area contributed by atoms with Gasteiger partial charge in [-0.25, -0.2) is 9.78 Å². The number of nitrogens with one attached hydrogen (secondary N) is 2. The average molecular weight is 319 g/mol. The van der Waals surface area contributed by atoms with Crippen molar-refractivity contribution in [3.63, 3.8) is 0 Å². The van der Waals surface area contributed by atoms with E-state index in [0.29, 0.717) is 12.5 Å². The molecule has 1 saturated heterocycles. The molecule has 22 heavy (non-hydrogen) atoms. The predicted molar refractivity (Wildman–Crippen MR) is 89.7 cm³/mol. The number of anilines is 1. The van der Waals surface area contributed by atoms with Crippen molar-refractivity contribution in [3.05, 3.63) is 23.2 Å². The summed E-state index contributed by atoms with van der Waals surface area (Å²) in [5.74, 6) is 0.420. The molecule has 2 amide bonds. The van der Waals surface area contributed by atoms with Crippen LogP contribution in [0.5, 0.6) is 0 Å². The summed E-state index contributed by atoms with van der Waals surface area (Å²) in [7, 11) is 0. The van der Waals surface area contributed by atoms with Gasteiger partial charge in [-0.2, -0.15) is 0 Å². The smallest absolute Gasteiger partial charge is 0.319 e. The summed E-state index contributed by atoms with van der Waals surface area (Å²) in [5.41, 5.74) is 1.78. The van der Waals surface area contributed by atoms with Crippen LogP contribution >= 0.6 is 11.3 Å². The number of fused-ring (bicyclic) bond motifs is 1. The van der Waals surface area contributed by atoms with E-state index in [4.69, 9.17) is 4.74 Å². The van der Waals surface area contributed by atoms with Crippen LogP contribution in [-0.4, -0.2) is 30.3 Å². The fourth-order valence-electron chi connectivity index (χ4n) is 2.47. The van der Waals surface area contributed by atoms with Crippen molar-refractivity contribution < 1.29 is 9.53 Å². The average Bonchev–Trinajstić information content (AvgIpc) is 2.91. The van der Waals surface area contributed by atoms with Gasteiger partial charge < -0.3 is 15.4 Å². The van der Waals surface area contributed by atoms with Gasteiger partial charge >= 0.3 is 6.03 Å². The Labute approximate surface area is 134 Å². The molecular formula is C16H21N3O2S. The fraction of sp³-hybridized carbons (Fsp3) is 0.500. The largest absolute Gasteiger partial charge is 0.379 e. The van der Waals surface area contributed by atoms with Crippen LogP contribution in [0.3, 0.4) is 0 Å². The summed E-state index contributed by atoms with van der Waals surface area (Å²) in [6.45, 7) is 5.66. The minimum Gasteiger partial charge on any atom is -0.379 e. The molecule has 0 aliphatic carbocycles. The quantitative estimate of drug-likeness (QED) is 0.906. The van der Waals surface area contributed by atoms with E-state index in [2.05, 4.69) is 29.5 Å². The zero-order chi connectivity index (χ0) is 15.5. The van der Waals surface area contributed by atoms with E-state index in [0.717, 1.165) is 40.4 Å². The third-order valence-corrected chi connectivity index (χ3v) is 4.97. The van der Waals surface area contributed by atoms with Crippen LogP contribution in [0.15, 0.2) is 18.2 Å². The number of nitrogens with zero attached hydrogens (tertiary/aromatic N) is 1. The number of benzene rings is 1. The first-order valence-electron chi connectivity index (χ1n) is 7.67. The number of thiazole rings is 1. The highest BCUT2D eigenvalue weighted by molar-refractivity contribution is 7.18. The normalized spacial score (nSPS) is 18.6. The Morgan fingerprint density at radius 3 is 3.05 bits per heavy atom. The Morgan fingerprint density at radius 1 is 1.45 bits per heavy atom. The summed E-state index contributed by atoms with van der Waals surface area (Å²) < 4.78 is 6.47. The predicted octanol–water partition coefficient (Wildman–Crippen LogP) is 3.72. The minimum atomic E-state index is -0.177. The number of rotatable bonds is 3. The highest BCUT2D eigenvalue weighted by atomic mass is 32.1. The van der Waals surface area contributed by atoms with Gasteiger partial charge in [0.1, 0.15) is 0 Å². The molecule has 0 unspecified atom stereocenters. The molecule has 0 spiro atoms. The number of amides is 2. The molecule has 1 aliphatic heterocycles. The Morgan fingerprint density at radius 2 is 2.32 bits per heavy atom. The van der Waals surface area contributed by atoms with E-state index in [1.807, 2.05) is 18.2 Å². The van der Waals surface area contributed by atoms with Crippen molar-refractivity contribution in [2.45, 2.75) is 38.6 Å². The first-order valence-corrected chi connectivity index (χ1v) is 8.49. The standard InChI is InChI=1S/C16H21N3O2S/c1-10(2)15-19-13-6-5-11(8-14(13)22-15)17-16(20)18-12-4-3-7-21-9-12/h5-6,8,10,12H,3-4,7,9H2,1-2H3,(H2,17,18,20)/t12-/m1/s1. The van der Waals surface area contributed by atoms with Crippen molar-refractivity contribution in [3.8, 4) is 0 Å². The summed E-state index contributed by atoms with van der Waals surface area (Å²) in [6.07, 6.45) is 1.97. The Kier molecular flexibility index (Phi) is 4.59. The molecule has 1 aromatic carbocycles. The van der Waals surface area contributed by atoms with Crippen LogP contribution in [0.2, 0.25) is 0 Å². The number of hydrogen-bond donors (Lipinski definition) is 2. The summed E-state index contributed by atoms with van der Waals surface area (Å²) in [4.78, 5) is 16.6. The van der Waals surface area contributed by atoms with E-state index in [-0.39, 0.29) is 12.1 Å². The second kappa shape index (κ2) is 6.62. The lowest BCUT2D eigenvalue weighted by Gasteiger charge is -2.23. The van der Waals surface area contributed by atoms with Gasteiger partial charge in [-0.15, -0.1) is 11.3 Å². The molecule has 1 aliphatic rings. The van der Waals surface area contributed by atoms with Crippen molar-refractivity contribution in [1.82, 2.24) is 10.3 Å². The SMILES string of the molecule is CC(C)c1nc2ccc(NC(=O)N[C@@H]3CCCOC3)cc2s1. The van der Waals surface area contributed by atoms with Crippen molar-refractivity contribution in [2.24, 2.45) is 0 Å². The summed E-state index contributed by atoms with van der Waals surface area (Å²) in [6, 6.07) is 5.76.